The maximum absolute atomic E-state index is 11.7. The van der Waals surface area contributed by atoms with Crippen molar-refractivity contribution in [2.24, 2.45) is 0 Å². The zero-order chi connectivity index (χ0) is 23.7. The highest BCUT2D eigenvalue weighted by atomic mass is 16.5. The van der Waals surface area contributed by atoms with Gasteiger partial charge in [0.05, 0.1) is 17.5 Å². The number of benzene rings is 2. The van der Waals surface area contributed by atoms with Crippen molar-refractivity contribution < 1.29 is 19.4 Å². The molecule has 0 bridgehead atoms. The minimum absolute atomic E-state index is 0.0151. The van der Waals surface area contributed by atoms with E-state index in [1.807, 2.05) is 42.5 Å². The number of aldehydes is 1. The predicted molar refractivity (Wildman–Crippen MR) is 125 cm³/mol. The number of hydrogen-bond donors (Lipinski definition) is 2. The molecule has 166 valence electrons. The van der Waals surface area contributed by atoms with E-state index in [1.54, 1.807) is 12.4 Å². The lowest BCUT2D eigenvalue weighted by Gasteiger charge is -2.11. The van der Waals surface area contributed by atoms with Gasteiger partial charge in [0.1, 0.15) is 17.1 Å². The summed E-state index contributed by atoms with van der Waals surface area (Å²) in [4.78, 5) is 31.9. The number of rotatable bonds is 6. The lowest BCUT2D eigenvalue weighted by molar-refractivity contribution is 0.0696. The number of carbonyl (C=O) groups excluding carboxylic acids is 1. The van der Waals surface area contributed by atoms with Crippen LogP contribution in [0.4, 0.5) is 5.82 Å². The summed E-state index contributed by atoms with van der Waals surface area (Å²) in [5.74, 6) is -0.699. The van der Waals surface area contributed by atoms with Crippen LogP contribution in [0.1, 0.15) is 20.7 Å². The van der Waals surface area contributed by atoms with E-state index in [1.165, 1.54) is 28.8 Å². The number of ether oxygens (including phenoxy) is 1. The highest BCUT2D eigenvalue weighted by molar-refractivity contribution is 5.89. The molecule has 3 N–H and O–H groups in total. The molecule has 0 fully saturated rings. The molecule has 0 saturated carbocycles. The third kappa shape index (κ3) is 3.71. The van der Waals surface area contributed by atoms with Crippen LogP contribution in [0.25, 0.3) is 28.0 Å². The van der Waals surface area contributed by atoms with Crippen molar-refractivity contribution in [1.29, 1.82) is 0 Å². The van der Waals surface area contributed by atoms with E-state index in [9.17, 15) is 9.59 Å². The molecular formula is C25H17N5O4. The molecule has 0 spiro atoms. The summed E-state index contributed by atoms with van der Waals surface area (Å²) < 4.78 is 7.15. The fourth-order valence-electron chi connectivity index (χ4n) is 3.51. The number of fused-ring (bicyclic) bond motifs is 1. The van der Waals surface area contributed by atoms with Gasteiger partial charge in [-0.2, -0.15) is 14.6 Å². The van der Waals surface area contributed by atoms with Crippen LogP contribution in [0.15, 0.2) is 79.1 Å². The van der Waals surface area contributed by atoms with E-state index in [2.05, 4.69) is 15.1 Å². The Kier molecular flexibility index (Phi) is 5.19. The molecule has 0 unspecified atom stereocenters. The van der Waals surface area contributed by atoms with Crippen molar-refractivity contribution in [3.05, 3.63) is 90.3 Å². The molecule has 0 aliphatic rings. The Morgan fingerprint density at radius 2 is 1.74 bits per heavy atom. The second kappa shape index (κ2) is 8.47. The van der Waals surface area contributed by atoms with Crippen molar-refractivity contribution in [1.82, 2.24) is 19.6 Å². The SMILES string of the molecule is Nc1c(C=O)c(Oc2ccc(C(=O)O)cc2)nc2c(-c3ccc(-c4ccccc4)nc3)cnn12. The van der Waals surface area contributed by atoms with Crippen LogP contribution >= 0.6 is 0 Å². The van der Waals surface area contributed by atoms with Crippen LogP contribution in [-0.4, -0.2) is 36.9 Å². The Balaban J connectivity index is 1.55. The fourth-order valence-corrected chi connectivity index (χ4v) is 3.51. The number of carbonyl (C=O) groups is 2. The van der Waals surface area contributed by atoms with E-state index < -0.39 is 5.97 Å². The molecule has 0 aliphatic carbocycles. The predicted octanol–water partition coefficient (Wildman–Crippen LogP) is 4.34. The summed E-state index contributed by atoms with van der Waals surface area (Å²) in [6.45, 7) is 0. The van der Waals surface area contributed by atoms with Crippen molar-refractivity contribution in [2.45, 2.75) is 0 Å². The van der Waals surface area contributed by atoms with E-state index in [0.717, 1.165) is 16.8 Å². The number of nitrogens with zero attached hydrogens (tertiary/aromatic N) is 4. The summed E-state index contributed by atoms with van der Waals surface area (Å²) in [6, 6.07) is 19.3. The molecule has 9 nitrogen and oxygen atoms in total. The molecule has 0 atom stereocenters. The van der Waals surface area contributed by atoms with Crippen molar-refractivity contribution >= 4 is 23.7 Å². The quantitative estimate of drug-likeness (QED) is 0.364. The minimum atomic E-state index is -1.06. The Morgan fingerprint density at radius 3 is 2.38 bits per heavy atom. The minimum Gasteiger partial charge on any atom is -0.478 e. The van der Waals surface area contributed by atoms with E-state index in [0.29, 0.717) is 23.2 Å². The monoisotopic (exact) mass is 451 g/mol. The maximum atomic E-state index is 11.7. The first-order valence-corrected chi connectivity index (χ1v) is 10.2. The van der Waals surface area contributed by atoms with Crippen LogP contribution in [-0.2, 0) is 0 Å². The molecule has 0 saturated heterocycles. The van der Waals surface area contributed by atoms with E-state index in [-0.39, 0.29) is 22.8 Å². The summed E-state index contributed by atoms with van der Waals surface area (Å²) in [5, 5.41) is 13.4. The molecule has 0 amide bonds. The van der Waals surface area contributed by atoms with E-state index in [4.69, 9.17) is 15.6 Å². The zero-order valence-corrected chi connectivity index (χ0v) is 17.6. The number of carboxylic acids is 1. The van der Waals surface area contributed by atoms with Gasteiger partial charge in [0.2, 0.25) is 5.88 Å². The molecule has 2 aromatic carbocycles. The highest BCUT2D eigenvalue weighted by Gasteiger charge is 2.19. The Morgan fingerprint density at radius 1 is 0.971 bits per heavy atom. The van der Waals surface area contributed by atoms with Gasteiger partial charge in [0, 0.05) is 22.9 Å². The fraction of sp³-hybridized carbons (Fsp3) is 0. The number of aromatic carboxylic acids is 1. The summed E-state index contributed by atoms with van der Waals surface area (Å²) in [6.07, 6.45) is 3.86. The normalized spacial score (nSPS) is 10.8. The zero-order valence-electron chi connectivity index (χ0n) is 17.6. The van der Waals surface area contributed by atoms with Crippen LogP contribution in [0.2, 0.25) is 0 Å². The third-order valence-electron chi connectivity index (χ3n) is 5.26. The topological polar surface area (TPSA) is 133 Å². The molecule has 0 aliphatic heterocycles. The summed E-state index contributed by atoms with van der Waals surface area (Å²) in [5.41, 5.74) is 9.95. The van der Waals surface area contributed by atoms with Gasteiger partial charge in [-0.05, 0) is 30.3 Å². The molecule has 0 radical (unpaired) electrons. The van der Waals surface area contributed by atoms with Crippen LogP contribution in [0, 0.1) is 0 Å². The van der Waals surface area contributed by atoms with Gasteiger partial charge >= 0.3 is 5.97 Å². The van der Waals surface area contributed by atoms with Gasteiger partial charge in [-0.1, -0.05) is 36.4 Å². The number of aromatic nitrogens is 4. The Hall–Kier alpha value is -5.05. The number of carboxylic acid groups (broad SMARTS) is 1. The Labute approximate surface area is 193 Å². The van der Waals surface area contributed by atoms with E-state index >= 15 is 0 Å². The summed E-state index contributed by atoms with van der Waals surface area (Å²) >= 11 is 0. The Bertz CT molecular complexity index is 1510. The number of anilines is 1. The van der Waals surface area contributed by atoms with Gasteiger partial charge in [0.25, 0.3) is 0 Å². The average Bonchev–Trinajstić information content (AvgIpc) is 3.29. The average molecular weight is 451 g/mol. The van der Waals surface area contributed by atoms with Crippen molar-refractivity contribution in [3.8, 4) is 34.0 Å². The highest BCUT2D eigenvalue weighted by Crippen LogP contribution is 2.32. The van der Waals surface area contributed by atoms with Crippen LogP contribution in [0.3, 0.4) is 0 Å². The molecular weight excluding hydrogens is 434 g/mol. The maximum Gasteiger partial charge on any atom is 0.335 e. The van der Waals surface area contributed by atoms with Crippen LogP contribution in [0.5, 0.6) is 11.6 Å². The first-order chi connectivity index (χ1) is 16.5. The third-order valence-corrected chi connectivity index (χ3v) is 5.26. The molecule has 9 heteroatoms. The van der Waals surface area contributed by atoms with Gasteiger partial charge in [-0.3, -0.25) is 9.78 Å². The van der Waals surface area contributed by atoms with Crippen LogP contribution < -0.4 is 10.5 Å². The first-order valence-electron chi connectivity index (χ1n) is 10.2. The van der Waals surface area contributed by atoms with Gasteiger partial charge in [0.15, 0.2) is 11.9 Å². The second-order valence-corrected chi connectivity index (χ2v) is 7.36. The van der Waals surface area contributed by atoms with Crippen molar-refractivity contribution in [2.75, 3.05) is 5.73 Å². The number of hydrogen-bond acceptors (Lipinski definition) is 7. The number of nitrogens with two attached hydrogens (primary N) is 1. The number of nitrogen functional groups attached to an aromatic ring is 1. The number of pyridine rings is 1. The second-order valence-electron chi connectivity index (χ2n) is 7.36. The smallest absolute Gasteiger partial charge is 0.335 e. The molecule has 3 aromatic heterocycles. The lowest BCUT2D eigenvalue weighted by atomic mass is 10.1. The van der Waals surface area contributed by atoms with Gasteiger partial charge in [-0.15, -0.1) is 0 Å². The molecule has 5 rings (SSSR count). The largest absolute Gasteiger partial charge is 0.478 e. The molecule has 3 heterocycles. The lowest BCUT2D eigenvalue weighted by Crippen LogP contribution is -2.07. The molecule has 34 heavy (non-hydrogen) atoms. The van der Waals surface area contributed by atoms with Gasteiger partial charge in [-0.25, -0.2) is 4.79 Å². The first kappa shape index (κ1) is 20.8. The standard InChI is InChI=1S/C25H17N5O4/c26-22-20(14-31)24(34-18-9-6-16(7-10-18)25(32)33)29-23-19(13-28-30(22)23)17-8-11-21(27-12-17)15-4-2-1-3-5-15/h1-14H,26H2,(H,32,33). The summed E-state index contributed by atoms with van der Waals surface area (Å²) in [7, 11) is 0. The van der Waals surface area contributed by atoms with Crippen molar-refractivity contribution in [3.63, 3.8) is 0 Å². The molecule has 5 aromatic rings. The van der Waals surface area contributed by atoms with Gasteiger partial charge < -0.3 is 15.6 Å².